The number of thioether (sulfide) groups is 1. The van der Waals surface area contributed by atoms with Crippen LogP contribution in [0.2, 0.25) is 0 Å². The van der Waals surface area contributed by atoms with Gasteiger partial charge in [0.15, 0.2) is 5.82 Å². The standard InChI is InChI=1S/C15H19N3S/c1-11(2)10-19-14-9-13(16-3)17-15(18-14)12-7-5-4-6-8-12/h4-9,11H,10H2,1-3H3,(H,16,17,18). The molecule has 0 amide bonds. The molecule has 0 spiro atoms. The minimum absolute atomic E-state index is 0.651. The van der Waals surface area contributed by atoms with Gasteiger partial charge in [0, 0.05) is 24.4 Å². The topological polar surface area (TPSA) is 37.8 Å². The number of hydrogen-bond acceptors (Lipinski definition) is 4. The van der Waals surface area contributed by atoms with Crippen molar-refractivity contribution in [2.45, 2.75) is 18.9 Å². The summed E-state index contributed by atoms with van der Waals surface area (Å²) in [5.41, 5.74) is 1.05. The quantitative estimate of drug-likeness (QED) is 0.661. The maximum atomic E-state index is 4.64. The van der Waals surface area contributed by atoms with Crippen molar-refractivity contribution in [3.63, 3.8) is 0 Å². The molecule has 1 aromatic carbocycles. The van der Waals surface area contributed by atoms with Crippen molar-refractivity contribution < 1.29 is 0 Å². The molecule has 0 saturated heterocycles. The molecule has 0 aliphatic carbocycles. The molecule has 0 saturated carbocycles. The molecule has 0 fully saturated rings. The first-order valence-corrected chi connectivity index (χ1v) is 7.42. The van der Waals surface area contributed by atoms with Crippen LogP contribution in [0.25, 0.3) is 11.4 Å². The number of hydrogen-bond donors (Lipinski definition) is 1. The van der Waals surface area contributed by atoms with Crippen LogP contribution in [-0.4, -0.2) is 22.8 Å². The Morgan fingerprint density at radius 1 is 1.16 bits per heavy atom. The highest BCUT2D eigenvalue weighted by molar-refractivity contribution is 7.99. The Kier molecular flexibility index (Phi) is 4.80. The molecule has 0 unspecified atom stereocenters. The Morgan fingerprint density at radius 3 is 2.53 bits per heavy atom. The van der Waals surface area contributed by atoms with E-state index in [0.29, 0.717) is 5.92 Å². The lowest BCUT2D eigenvalue weighted by atomic mass is 10.2. The molecule has 100 valence electrons. The van der Waals surface area contributed by atoms with Crippen molar-refractivity contribution in [1.29, 1.82) is 0 Å². The van der Waals surface area contributed by atoms with Crippen LogP contribution in [0.1, 0.15) is 13.8 Å². The average molecular weight is 273 g/mol. The zero-order valence-corrected chi connectivity index (χ0v) is 12.4. The van der Waals surface area contributed by atoms with Crippen molar-refractivity contribution in [1.82, 2.24) is 9.97 Å². The maximum Gasteiger partial charge on any atom is 0.162 e. The van der Waals surface area contributed by atoms with E-state index in [1.54, 1.807) is 11.8 Å². The SMILES string of the molecule is CNc1cc(SCC(C)C)nc(-c2ccccc2)n1. The van der Waals surface area contributed by atoms with Crippen molar-refractivity contribution in [3.05, 3.63) is 36.4 Å². The van der Waals surface area contributed by atoms with Crippen LogP contribution >= 0.6 is 11.8 Å². The van der Waals surface area contributed by atoms with Gasteiger partial charge in [-0.05, 0) is 5.92 Å². The third-order valence-electron chi connectivity index (χ3n) is 2.56. The van der Waals surface area contributed by atoms with Crippen molar-refractivity contribution in [3.8, 4) is 11.4 Å². The van der Waals surface area contributed by atoms with E-state index in [-0.39, 0.29) is 0 Å². The summed E-state index contributed by atoms with van der Waals surface area (Å²) >= 11 is 1.78. The van der Waals surface area contributed by atoms with Gasteiger partial charge in [-0.1, -0.05) is 44.2 Å². The van der Waals surface area contributed by atoms with Crippen LogP contribution in [0.5, 0.6) is 0 Å². The molecule has 0 atom stereocenters. The second-order valence-electron chi connectivity index (χ2n) is 4.74. The van der Waals surface area contributed by atoms with Gasteiger partial charge in [0.1, 0.15) is 10.8 Å². The molecule has 4 heteroatoms. The van der Waals surface area contributed by atoms with Gasteiger partial charge in [-0.2, -0.15) is 0 Å². The number of rotatable bonds is 5. The van der Waals surface area contributed by atoms with Gasteiger partial charge in [0.25, 0.3) is 0 Å². The summed E-state index contributed by atoms with van der Waals surface area (Å²) in [4.78, 5) is 9.15. The summed E-state index contributed by atoms with van der Waals surface area (Å²) in [5.74, 6) is 3.35. The van der Waals surface area contributed by atoms with Crippen LogP contribution in [0.4, 0.5) is 5.82 Å². The van der Waals surface area contributed by atoms with Gasteiger partial charge in [-0.15, -0.1) is 11.8 Å². The predicted molar refractivity (Wildman–Crippen MR) is 82.6 cm³/mol. The molecular formula is C15H19N3S. The number of benzene rings is 1. The van der Waals surface area contributed by atoms with Crippen LogP contribution in [0.15, 0.2) is 41.4 Å². The fraction of sp³-hybridized carbons (Fsp3) is 0.333. The minimum atomic E-state index is 0.651. The highest BCUT2D eigenvalue weighted by Gasteiger charge is 2.07. The van der Waals surface area contributed by atoms with E-state index in [0.717, 1.165) is 28.0 Å². The summed E-state index contributed by atoms with van der Waals surface area (Å²) in [6.45, 7) is 4.43. The molecule has 1 aromatic heterocycles. The lowest BCUT2D eigenvalue weighted by Crippen LogP contribution is -1.99. The number of nitrogens with zero attached hydrogens (tertiary/aromatic N) is 2. The van der Waals surface area contributed by atoms with Crippen LogP contribution < -0.4 is 5.32 Å². The number of anilines is 1. The summed E-state index contributed by atoms with van der Waals surface area (Å²) in [6.07, 6.45) is 0. The fourth-order valence-corrected chi connectivity index (χ4v) is 2.45. The highest BCUT2D eigenvalue weighted by atomic mass is 32.2. The lowest BCUT2D eigenvalue weighted by molar-refractivity contribution is 0.749. The third kappa shape index (κ3) is 3.96. The van der Waals surface area contributed by atoms with Gasteiger partial charge in [0.05, 0.1) is 0 Å². The largest absolute Gasteiger partial charge is 0.373 e. The number of nitrogens with one attached hydrogen (secondary N) is 1. The first kappa shape index (κ1) is 13.9. The minimum Gasteiger partial charge on any atom is -0.373 e. The second kappa shape index (κ2) is 6.57. The van der Waals surface area contributed by atoms with Crippen molar-refractivity contribution in [2.24, 2.45) is 5.92 Å². The molecule has 0 bridgehead atoms. The Morgan fingerprint density at radius 2 is 1.89 bits per heavy atom. The molecule has 0 radical (unpaired) electrons. The average Bonchev–Trinajstić information content (AvgIpc) is 2.45. The van der Waals surface area contributed by atoms with Gasteiger partial charge < -0.3 is 5.32 Å². The zero-order valence-electron chi connectivity index (χ0n) is 11.6. The smallest absolute Gasteiger partial charge is 0.162 e. The first-order valence-electron chi connectivity index (χ1n) is 6.44. The van der Waals surface area contributed by atoms with Crippen molar-refractivity contribution in [2.75, 3.05) is 18.1 Å². The van der Waals surface area contributed by atoms with Gasteiger partial charge >= 0.3 is 0 Å². The normalized spacial score (nSPS) is 10.7. The fourth-order valence-electron chi connectivity index (χ4n) is 1.60. The van der Waals surface area contributed by atoms with E-state index in [9.17, 15) is 0 Å². The Balaban J connectivity index is 2.31. The van der Waals surface area contributed by atoms with Gasteiger partial charge in [-0.25, -0.2) is 9.97 Å². The van der Waals surface area contributed by atoms with E-state index in [1.165, 1.54) is 0 Å². The van der Waals surface area contributed by atoms with Gasteiger partial charge in [-0.3, -0.25) is 0 Å². The molecular weight excluding hydrogens is 254 g/mol. The molecule has 1 heterocycles. The number of aromatic nitrogens is 2. The summed E-state index contributed by atoms with van der Waals surface area (Å²) in [6, 6.07) is 12.1. The summed E-state index contributed by atoms with van der Waals surface area (Å²) in [5, 5.41) is 4.12. The van der Waals surface area contributed by atoms with Crippen molar-refractivity contribution >= 4 is 17.6 Å². The third-order valence-corrected chi connectivity index (χ3v) is 3.89. The van der Waals surface area contributed by atoms with E-state index >= 15 is 0 Å². The summed E-state index contributed by atoms with van der Waals surface area (Å²) in [7, 11) is 1.88. The monoisotopic (exact) mass is 273 g/mol. The molecule has 2 aromatic rings. The lowest BCUT2D eigenvalue weighted by Gasteiger charge is -2.08. The van der Waals surface area contributed by atoms with Crippen LogP contribution in [0, 0.1) is 5.92 Å². The molecule has 0 aliphatic rings. The van der Waals surface area contributed by atoms with E-state index < -0.39 is 0 Å². The van der Waals surface area contributed by atoms with E-state index in [1.807, 2.05) is 43.4 Å². The molecule has 2 rings (SSSR count). The van der Waals surface area contributed by atoms with Crippen LogP contribution in [-0.2, 0) is 0 Å². The highest BCUT2D eigenvalue weighted by Crippen LogP contribution is 2.24. The van der Waals surface area contributed by atoms with E-state index in [2.05, 4.69) is 29.1 Å². The molecule has 1 N–H and O–H groups in total. The molecule has 19 heavy (non-hydrogen) atoms. The Bertz CT molecular complexity index is 526. The summed E-state index contributed by atoms with van der Waals surface area (Å²) < 4.78 is 0. The first-order chi connectivity index (χ1) is 9.19. The Hall–Kier alpha value is -1.55. The van der Waals surface area contributed by atoms with E-state index in [4.69, 9.17) is 0 Å². The van der Waals surface area contributed by atoms with Crippen LogP contribution in [0.3, 0.4) is 0 Å². The zero-order chi connectivity index (χ0) is 13.7. The second-order valence-corrected chi connectivity index (χ2v) is 5.78. The maximum absolute atomic E-state index is 4.64. The predicted octanol–water partition coefficient (Wildman–Crippen LogP) is 3.93. The molecule has 0 aliphatic heterocycles. The Labute approximate surface area is 118 Å². The molecule has 3 nitrogen and oxygen atoms in total. The van der Waals surface area contributed by atoms with Gasteiger partial charge in [0.2, 0.25) is 0 Å².